The minimum Gasteiger partial charge on any atom is -0.465 e. The number of ether oxygens (including phenoxy) is 2. The predicted molar refractivity (Wildman–Crippen MR) is 256 cm³/mol. The van der Waals surface area contributed by atoms with Gasteiger partial charge in [-0.15, -0.1) is 0 Å². The summed E-state index contributed by atoms with van der Waals surface area (Å²) in [6, 6.07) is 25.5. The number of phosphoric ester groups is 1. The number of anilines is 2. The summed E-state index contributed by atoms with van der Waals surface area (Å²) in [5, 5.41) is 15.3. The summed E-state index contributed by atoms with van der Waals surface area (Å²) in [7, 11) is -14.4. The second-order valence-electron chi connectivity index (χ2n) is 17.4. The molecular formula is C46H63N6O13PS2. The lowest BCUT2D eigenvalue weighted by Crippen LogP contribution is -2.53. The first-order valence-electron chi connectivity index (χ1n) is 22.1. The zero-order chi connectivity index (χ0) is 49.6. The smallest absolute Gasteiger partial charge is 0.465 e. The molecule has 8 N–H and O–H groups in total. The van der Waals surface area contributed by atoms with Gasteiger partial charge in [0.2, 0.25) is 20.0 Å². The minimum atomic E-state index is -5.60. The van der Waals surface area contributed by atoms with Gasteiger partial charge in [-0.05, 0) is 84.3 Å². The molecule has 4 aromatic carbocycles. The highest BCUT2D eigenvalue weighted by molar-refractivity contribution is 7.89. The van der Waals surface area contributed by atoms with E-state index in [1.165, 1.54) is 48.5 Å². The Morgan fingerprint density at radius 2 is 1.10 bits per heavy atom. The zero-order valence-corrected chi connectivity index (χ0v) is 41.0. The van der Waals surface area contributed by atoms with Crippen molar-refractivity contribution in [1.29, 1.82) is 0 Å². The number of nitrogen functional groups attached to an aromatic ring is 2. The lowest BCUT2D eigenvalue weighted by molar-refractivity contribution is 0.0280. The predicted octanol–water partition coefficient (Wildman–Crippen LogP) is 5.72. The minimum absolute atomic E-state index is 0.0815. The van der Waals surface area contributed by atoms with Crippen LogP contribution >= 0.6 is 7.82 Å². The molecule has 1 heterocycles. The van der Waals surface area contributed by atoms with Gasteiger partial charge >= 0.3 is 20.0 Å². The summed E-state index contributed by atoms with van der Waals surface area (Å²) in [6.45, 7) is 5.98. The van der Waals surface area contributed by atoms with Crippen molar-refractivity contribution in [3.63, 3.8) is 0 Å². The molecule has 1 fully saturated rings. The molecule has 19 nitrogen and oxygen atoms in total. The fourth-order valence-corrected chi connectivity index (χ4v) is 12.0. The van der Waals surface area contributed by atoms with E-state index < -0.39 is 83.5 Å². The third kappa shape index (κ3) is 16.3. The Morgan fingerprint density at radius 3 is 1.47 bits per heavy atom. The van der Waals surface area contributed by atoms with Gasteiger partial charge in [0, 0.05) is 44.0 Å². The van der Waals surface area contributed by atoms with Crippen LogP contribution in [0.4, 0.5) is 21.0 Å². The van der Waals surface area contributed by atoms with Gasteiger partial charge in [-0.3, -0.25) is 9.05 Å². The maximum absolute atomic E-state index is 14.9. The number of carbonyl (C=O) groups excluding carboxylic acids is 1. The first-order valence-corrected chi connectivity index (χ1v) is 26.5. The number of nitrogens with zero attached hydrogens (tertiary/aromatic N) is 2. The Labute approximate surface area is 398 Å². The van der Waals surface area contributed by atoms with Gasteiger partial charge in [-0.2, -0.15) is 8.61 Å². The number of carbonyl (C=O) groups is 2. The van der Waals surface area contributed by atoms with E-state index in [-0.39, 0.29) is 54.2 Å². The van der Waals surface area contributed by atoms with Crippen LogP contribution in [-0.2, 0) is 56.0 Å². The Kier molecular flexibility index (Phi) is 19.4. The van der Waals surface area contributed by atoms with Gasteiger partial charge in [0.1, 0.15) is 18.3 Å². The van der Waals surface area contributed by atoms with Crippen LogP contribution < -0.4 is 22.1 Å². The Hall–Kier alpha value is -5.09. The van der Waals surface area contributed by atoms with E-state index in [0.29, 0.717) is 35.5 Å². The van der Waals surface area contributed by atoms with Crippen molar-refractivity contribution >= 4 is 51.4 Å². The van der Waals surface area contributed by atoms with Crippen LogP contribution in [0.3, 0.4) is 0 Å². The summed E-state index contributed by atoms with van der Waals surface area (Å²) in [5.41, 5.74) is 13.6. The van der Waals surface area contributed by atoms with E-state index in [2.05, 4.69) is 10.6 Å². The molecule has 372 valence electrons. The van der Waals surface area contributed by atoms with Gasteiger partial charge in [0.25, 0.3) is 0 Å². The first kappa shape index (κ1) is 53.9. The average Bonchev–Trinajstić information content (AvgIpc) is 3.78. The third-order valence-electron chi connectivity index (χ3n) is 10.7. The first-order chi connectivity index (χ1) is 32.1. The summed E-state index contributed by atoms with van der Waals surface area (Å²) >= 11 is 0. The van der Waals surface area contributed by atoms with Crippen molar-refractivity contribution < 1.29 is 59.5 Å². The molecule has 1 aliphatic rings. The van der Waals surface area contributed by atoms with Crippen molar-refractivity contribution in [3.8, 4) is 0 Å². The van der Waals surface area contributed by atoms with E-state index in [1.54, 1.807) is 88.4 Å². The highest BCUT2D eigenvalue weighted by Crippen LogP contribution is 2.48. The SMILES string of the molecule is CC(C)CN(C[C@@H](OP(=O)(O)O[C@H](CN(CC(C)C)S(=O)(=O)c1ccc(N)cc1)[C@H](Cc1ccccc1)NC(=O)O[C@H]1CCOC1)[C@H](Cc1ccccc1)NC(=O)O)S(=O)(=O)c1ccc(N)cc1. The van der Waals surface area contributed by atoms with Crippen LogP contribution in [0.5, 0.6) is 0 Å². The number of hydrogen-bond donors (Lipinski definition) is 6. The fraction of sp³-hybridized carbons (Fsp3) is 0.435. The largest absolute Gasteiger partial charge is 0.472 e. The van der Waals surface area contributed by atoms with Crippen LogP contribution in [-0.4, -0.2) is 117 Å². The lowest BCUT2D eigenvalue weighted by atomic mass is 10.0. The molecule has 0 spiro atoms. The van der Waals surface area contributed by atoms with Gasteiger partial charge in [-0.25, -0.2) is 31.0 Å². The van der Waals surface area contributed by atoms with Gasteiger partial charge < -0.3 is 41.6 Å². The molecule has 6 atom stereocenters. The molecule has 68 heavy (non-hydrogen) atoms. The Bertz CT molecular complexity index is 2500. The van der Waals surface area contributed by atoms with Crippen LogP contribution in [0, 0.1) is 11.8 Å². The molecule has 0 bridgehead atoms. The second-order valence-corrected chi connectivity index (χ2v) is 22.6. The van der Waals surface area contributed by atoms with Crippen molar-refractivity contribution in [2.45, 2.75) is 87.1 Å². The van der Waals surface area contributed by atoms with Crippen LogP contribution in [0.1, 0.15) is 45.2 Å². The number of hydrogen-bond acceptors (Lipinski definition) is 13. The van der Waals surface area contributed by atoms with Crippen molar-refractivity contribution in [2.75, 3.05) is 50.9 Å². The lowest BCUT2D eigenvalue weighted by Gasteiger charge is -2.36. The molecule has 1 saturated heterocycles. The highest BCUT2D eigenvalue weighted by atomic mass is 32.2. The number of alkyl carbamates (subject to hydrolysis) is 1. The topological polar surface area (TPSA) is 279 Å². The number of benzene rings is 4. The summed E-state index contributed by atoms with van der Waals surface area (Å²) in [5.74, 6) is -0.611. The van der Waals surface area contributed by atoms with Crippen LogP contribution in [0.2, 0.25) is 0 Å². The van der Waals surface area contributed by atoms with Crippen molar-refractivity contribution in [3.05, 3.63) is 120 Å². The van der Waals surface area contributed by atoms with E-state index in [9.17, 15) is 41.0 Å². The molecule has 0 aliphatic carbocycles. The van der Waals surface area contributed by atoms with Crippen molar-refractivity contribution in [2.24, 2.45) is 11.8 Å². The van der Waals surface area contributed by atoms with E-state index in [1.807, 2.05) is 0 Å². The summed E-state index contributed by atoms with van der Waals surface area (Å²) in [6.07, 6.45) is -6.35. The summed E-state index contributed by atoms with van der Waals surface area (Å²) < 4.78 is 98.0. The number of nitrogens with two attached hydrogens (primary N) is 2. The van der Waals surface area contributed by atoms with Crippen molar-refractivity contribution in [1.82, 2.24) is 19.2 Å². The van der Waals surface area contributed by atoms with E-state index >= 15 is 0 Å². The molecular weight excluding hydrogens is 940 g/mol. The van der Waals surface area contributed by atoms with Crippen LogP contribution in [0.15, 0.2) is 119 Å². The number of carboxylic acid groups (broad SMARTS) is 1. The molecule has 4 aromatic rings. The number of phosphoric acid groups is 1. The number of amides is 2. The summed E-state index contributed by atoms with van der Waals surface area (Å²) in [4.78, 5) is 38.0. The molecule has 0 aromatic heterocycles. The average molecular weight is 1000 g/mol. The van der Waals surface area contributed by atoms with Crippen LogP contribution in [0.25, 0.3) is 0 Å². The third-order valence-corrected chi connectivity index (χ3v) is 15.5. The standard InChI is InChI=1S/C46H63N6O13PS2/c1-32(2)27-51(67(58,59)39-19-15-36(47)16-20-39)29-43(41(49-45(53)54)25-34-11-7-5-8-12-34)64-66(56,57)65-44(30-52(28-33(3)4)68(60,61)40-21-17-37(48)18-22-40)42(26-35-13-9-6-10-14-35)50-46(55)63-38-23-24-62-31-38/h5-22,32-33,38,41-44,49H,23-31,47-48H2,1-4H3,(H,50,55)(H,53,54)(H,56,57)/t38-,41-,42-,43+,44+/m0/s1. The molecule has 0 radical (unpaired) electrons. The zero-order valence-electron chi connectivity index (χ0n) is 38.5. The Morgan fingerprint density at radius 1 is 0.691 bits per heavy atom. The van der Waals surface area contributed by atoms with Gasteiger partial charge in [0.05, 0.1) is 35.1 Å². The van der Waals surface area contributed by atoms with Gasteiger partial charge in [-0.1, -0.05) is 88.4 Å². The normalized spacial score (nSPS) is 17.1. The molecule has 22 heteroatoms. The molecule has 5 rings (SSSR count). The molecule has 1 aliphatic heterocycles. The maximum atomic E-state index is 14.9. The van der Waals surface area contributed by atoms with E-state index in [0.717, 1.165) is 8.61 Å². The number of sulfonamides is 2. The molecule has 0 saturated carbocycles. The van der Waals surface area contributed by atoms with Gasteiger partial charge in [0.15, 0.2) is 0 Å². The quantitative estimate of drug-likeness (QED) is 0.0342. The second kappa shape index (κ2) is 24.5. The Balaban J connectivity index is 1.63. The maximum Gasteiger partial charge on any atom is 0.472 e. The number of rotatable bonds is 25. The van der Waals surface area contributed by atoms with E-state index in [4.69, 9.17) is 30.0 Å². The monoisotopic (exact) mass is 1000 g/mol. The molecule has 2 amide bonds. The number of nitrogens with one attached hydrogen (secondary N) is 2. The highest BCUT2D eigenvalue weighted by Gasteiger charge is 2.42. The fourth-order valence-electron chi connectivity index (χ4n) is 7.56. The molecule has 1 unspecified atom stereocenters.